The number of nitrogens with zero attached hydrogens (tertiary/aromatic N) is 1. The molecular weight excluding hydrogens is 690 g/mol. The molecule has 53 heavy (non-hydrogen) atoms. The van der Waals surface area contributed by atoms with Gasteiger partial charge in [0, 0.05) is 12.1 Å². The number of amides is 7. The van der Waals surface area contributed by atoms with Crippen molar-refractivity contribution < 1.29 is 47.8 Å². The Labute approximate surface area is 310 Å². The van der Waals surface area contributed by atoms with E-state index in [0.29, 0.717) is 32.1 Å². The van der Waals surface area contributed by atoms with Gasteiger partial charge in [0.25, 0.3) is 5.91 Å². The van der Waals surface area contributed by atoms with Crippen molar-refractivity contribution in [2.75, 3.05) is 20.8 Å². The van der Waals surface area contributed by atoms with Crippen LogP contribution in [0.25, 0.3) is 0 Å². The van der Waals surface area contributed by atoms with Crippen LogP contribution in [0.3, 0.4) is 0 Å². The van der Waals surface area contributed by atoms with Crippen LogP contribution in [0.2, 0.25) is 0 Å². The molecule has 7 amide bonds. The lowest BCUT2D eigenvalue weighted by atomic mass is 9.83. The third kappa shape index (κ3) is 10.8. The van der Waals surface area contributed by atoms with Gasteiger partial charge in [-0.1, -0.05) is 46.5 Å². The Balaban J connectivity index is 1.52. The molecule has 7 atom stereocenters. The van der Waals surface area contributed by atoms with E-state index in [1.54, 1.807) is 18.7 Å². The summed E-state index contributed by atoms with van der Waals surface area (Å²) in [6.45, 7) is 5.07. The quantitative estimate of drug-likeness (QED) is 0.115. The SMILES string of the molecule is CCCC(NC(=O)C1C2CCC(C2)N1C(=O)[C@@H](NC(=O)[C@@H](NC(=O)[C@H](CNC(=O)OC)NC(=O)OC)C1CCCCC1)C(C)C)C(=O)C(=O)NC1CC1. The van der Waals surface area contributed by atoms with Crippen molar-refractivity contribution in [1.82, 2.24) is 36.8 Å². The Morgan fingerprint density at radius 1 is 0.755 bits per heavy atom. The van der Waals surface area contributed by atoms with Crippen LogP contribution < -0.4 is 31.9 Å². The molecule has 0 aromatic heterocycles. The fourth-order valence-corrected chi connectivity index (χ4v) is 7.80. The fourth-order valence-electron chi connectivity index (χ4n) is 7.80. The van der Waals surface area contributed by atoms with Gasteiger partial charge in [-0.15, -0.1) is 0 Å². The van der Waals surface area contributed by atoms with Crippen LogP contribution in [-0.2, 0) is 38.2 Å². The molecule has 0 spiro atoms. The number of rotatable bonds is 17. The first-order valence-corrected chi connectivity index (χ1v) is 19.0. The van der Waals surface area contributed by atoms with Gasteiger partial charge in [-0.3, -0.25) is 28.8 Å². The van der Waals surface area contributed by atoms with Crippen molar-refractivity contribution in [3.8, 4) is 0 Å². The predicted molar refractivity (Wildman–Crippen MR) is 190 cm³/mol. The van der Waals surface area contributed by atoms with E-state index < -0.39 is 83.6 Å². The first kappa shape index (κ1) is 41.3. The van der Waals surface area contributed by atoms with Gasteiger partial charge in [0.15, 0.2) is 0 Å². The number of piperidine rings is 1. The molecule has 4 unspecified atom stereocenters. The minimum atomic E-state index is -1.31. The summed E-state index contributed by atoms with van der Waals surface area (Å²) in [6, 6.07) is -5.59. The summed E-state index contributed by atoms with van der Waals surface area (Å²) in [7, 11) is 2.27. The van der Waals surface area contributed by atoms with Crippen molar-refractivity contribution in [3.63, 3.8) is 0 Å². The molecule has 0 aromatic rings. The second-order valence-corrected chi connectivity index (χ2v) is 15.1. The van der Waals surface area contributed by atoms with E-state index >= 15 is 0 Å². The highest BCUT2D eigenvalue weighted by Gasteiger charge is 2.53. The Kier molecular flexibility index (Phi) is 14.9. The zero-order valence-corrected chi connectivity index (χ0v) is 31.5. The van der Waals surface area contributed by atoms with Gasteiger partial charge in [-0.2, -0.15) is 0 Å². The number of ether oxygens (including phenoxy) is 2. The van der Waals surface area contributed by atoms with Crippen molar-refractivity contribution in [3.05, 3.63) is 0 Å². The third-order valence-corrected chi connectivity index (χ3v) is 10.8. The predicted octanol–water partition coefficient (Wildman–Crippen LogP) is 0.785. The molecule has 0 aromatic carbocycles. The summed E-state index contributed by atoms with van der Waals surface area (Å²) >= 11 is 0. The van der Waals surface area contributed by atoms with Gasteiger partial charge < -0.3 is 46.3 Å². The number of fused-ring (bicyclic) bond motifs is 2. The molecule has 4 fully saturated rings. The zero-order chi connectivity index (χ0) is 38.8. The molecule has 3 saturated carbocycles. The van der Waals surface area contributed by atoms with E-state index in [4.69, 9.17) is 0 Å². The maximum atomic E-state index is 14.5. The molecule has 296 valence electrons. The van der Waals surface area contributed by atoms with Gasteiger partial charge in [0.1, 0.15) is 24.2 Å². The molecule has 1 saturated heterocycles. The number of carbonyl (C=O) groups excluding carboxylic acids is 8. The highest BCUT2D eigenvalue weighted by Crippen LogP contribution is 2.43. The number of hydrogen-bond acceptors (Lipinski definition) is 10. The number of Topliss-reactive ketones (excluding diaryl/α,β-unsaturated/α-hetero) is 1. The van der Waals surface area contributed by atoms with Crippen LogP contribution in [0.5, 0.6) is 0 Å². The fraction of sp³-hybridized carbons (Fsp3) is 0.778. The summed E-state index contributed by atoms with van der Waals surface area (Å²) in [5.41, 5.74) is 0. The highest BCUT2D eigenvalue weighted by atomic mass is 16.5. The molecule has 4 aliphatic rings. The van der Waals surface area contributed by atoms with Crippen molar-refractivity contribution >= 4 is 47.5 Å². The van der Waals surface area contributed by atoms with Gasteiger partial charge in [-0.05, 0) is 69.1 Å². The summed E-state index contributed by atoms with van der Waals surface area (Å²) in [4.78, 5) is 107. The Hall–Kier alpha value is -4.44. The minimum Gasteiger partial charge on any atom is -0.453 e. The lowest BCUT2D eigenvalue weighted by Crippen LogP contribution is -2.63. The van der Waals surface area contributed by atoms with Crippen molar-refractivity contribution in [2.45, 2.75) is 140 Å². The minimum absolute atomic E-state index is 0.0150. The number of nitrogens with one attached hydrogen (secondary N) is 6. The van der Waals surface area contributed by atoms with Crippen molar-refractivity contribution in [1.29, 1.82) is 0 Å². The number of ketones is 1. The molecule has 0 radical (unpaired) electrons. The van der Waals surface area contributed by atoms with Crippen LogP contribution in [0.1, 0.15) is 97.8 Å². The van der Waals surface area contributed by atoms with Crippen molar-refractivity contribution in [2.24, 2.45) is 17.8 Å². The first-order valence-electron chi connectivity index (χ1n) is 19.0. The molecule has 1 heterocycles. The second-order valence-electron chi connectivity index (χ2n) is 15.1. The first-order chi connectivity index (χ1) is 25.3. The molecule has 6 N–H and O–H groups in total. The molecule has 17 heteroatoms. The number of likely N-dealkylation sites (tertiary alicyclic amines) is 1. The van der Waals surface area contributed by atoms with E-state index in [9.17, 15) is 38.4 Å². The van der Waals surface area contributed by atoms with Crippen LogP contribution in [0.15, 0.2) is 0 Å². The molecular formula is C36H57N7O10. The highest BCUT2D eigenvalue weighted by molar-refractivity contribution is 6.38. The average Bonchev–Trinajstić information content (AvgIpc) is 3.72. The van der Waals surface area contributed by atoms with E-state index in [0.717, 1.165) is 52.7 Å². The van der Waals surface area contributed by atoms with E-state index in [1.807, 2.05) is 6.92 Å². The van der Waals surface area contributed by atoms with Gasteiger partial charge in [0.2, 0.25) is 29.4 Å². The lowest BCUT2D eigenvalue weighted by Gasteiger charge is -2.39. The Bertz CT molecular complexity index is 1380. The standard InChI is InChI=1S/C36H57N7O10/c1-6-10-24(29(44)33(48)38-22-14-15-22)39-32(47)28-21-13-16-23(17-21)43(28)34(49)26(19(2)3)41-31(46)27(20-11-8-7-9-12-20)42-30(45)25(40-36(51)53-5)18-37-35(50)52-4/h19-28H,6-18H2,1-5H3,(H,37,50)(H,38,48)(H,39,47)(H,40,51)(H,41,46)(H,42,45)/t21?,23?,24?,25-,26-,27-,28?/m0/s1. The monoisotopic (exact) mass is 747 g/mol. The lowest BCUT2D eigenvalue weighted by molar-refractivity contribution is -0.148. The number of alkyl carbamates (subject to hydrolysis) is 2. The van der Waals surface area contributed by atoms with E-state index in [2.05, 4.69) is 41.4 Å². The molecule has 3 aliphatic carbocycles. The molecule has 17 nitrogen and oxygen atoms in total. The van der Waals surface area contributed by atoms with Crippen LogP contribution in [-0.4, -0.2) is 115 Å². The maximum absolute atomic E-state index is 14.5. The van der Waals surface area contributed by atoms with Gasteiger partial charge >= 0.3 is 12.2 Å². The summed E-state index contributed by atoms with van der Waals surface area (Å²) in [5, 5.41) is 15.9. The van der Waals surface area contributed by atoms with E-state index in [1.165, 1.54) is 0 Å². The average molecular weight is 748 g/mol. The maximum Gasteiger partial charge on any atom is 0.407 e. The topological polar surface area (TPSA) is 230 Å². The normalized spacial score (nSPS) is 23.1. The van der Waals surface area contributed by atoms with Crippen LogP contribution in [0, 0.1) is 17.8 Å². The second kappa shape index (κ2) is 19.1. The molecule has 4 rings (SSSR count). The summed E-state index contributed by atoms with van der Waals surface area (Å²) in [6.07, 6.45) is 6.63. The van der Waals surface area contributed by atoms with Crippen LogP contribution in [0.4, 0.5) is 9.59 Å². The molecule has 2 bridgehead atoms. The summed E-state index contributed by atoms with van der Waals surface area (Å²) in [5.74, 6) is -4.52. The summed E-state index contributed by atoms with van der Waals surface area (Å²) < 4.78 is 9.23. The number of methoxy groups -OCH3 is 2. The van der Waals surface area contributed by atoms with Gasteiger partial charge in [-0.25, -0.2) is 9.59 Å². The smallest absolute Gasteiger partial charge is 0.407 e. The zero-order valence-electron chi connectivity index (χ0n) is 31.5. The Morgan fingerprint density at radius 2 is 1.43 bits per heavy atom. The largest absolute Gasteiger partial charge is 0.453 e. The van der Waals surface area contributed by atoms with Crippen LogP contribution >= 0.6 is 0 Å². The molecule has 1 aliphatic heterocycles. The van der Waals surface area contributed by atoms with Gasteiger partial charge in [0.05, 0.1) is 26.8 Å². The van der Waals surface area contributed by atoms with E-state index in [-0.39, 0.29) is 36.9 Å². The number of hydrogen-bond donors (Lipinski definition) is 6. The number of carbonyl (C=O) groups is 8. The third-order valence-electron chi connectivity index (χ3n) is 10.8. The Morgan fingerprint density at radius 3 is 2.04 bits per heavy atom.